The van der Waals surface area contributed by atoms with Crippen LogP contribution in [0.15, 0.2) is 71.9 Å². The van der Waals surface area contributed by atoms with Gasteiger partial charge in [-0.15, -0.1) is 0 Å². The van der Waals surface area contributed by atoms with Gasteiger partial charge in [-0.1, -0.05) is 48.0 Å². The third kappa shape index (κ3) is 2.50. The Hall–Kier alpha value is -3.21. The molecule has 0 spiro atoms. The number of hydrogen-bond donors (Lipinski definition) is 0. The normalized spacial score (nSPS) is 11.0. The van der Waals surface area contributed by atoms with E-state index in [0.29, 0.717) is 17.6 Å². The lowest BCUT2D eigenvalue weighted by Crippen LogP contribution is -2.21. The fourth-order valence-electron chi connectivity index (χ4n) is 2.71. The smallest absolute Gasteiger partial charge is 0.264 e. The van der Waals surface area contributed by atoms with Crippen molar-refractivity contribution >= 4 is 11.0 Å². The largest absolute Gasteiger partial charge is 0.294 e. The van der Waals surface area contributed by atoms with Crippen LogP contribution in [0.5, 0.6) is 0 Å². The average molecular weight is 316 g/mol. The van der Waals surface area contributed by atoms with Gasteiger partial charge < -0.3 is 0 Å². The van der Waals surface area contributed by atoms with Crippen molar-refractivity contribution in [1.82, 2.24) is 19.3 Å². The Morgan fingerprint density at radius 1 is 1.00 bits per heavy atom. The molecule has 0 unspecified atom stereocenters. The maximum absolute atomic E-state index is 12.7. The quantitative estimate of drug-likeness (QED) is 0.584. The number of fused-ring (bicyclic) bond motifs is 1. The molecule has 24 heavy (non-hydrogen) atoms. The molecule has 4 rings (SSSR count). The summed E-state index contributed by atoms with van der Waals surface area (Å²) in [4.78, 5) is 17.2. The minimum Gasteiger partial charge on any atom is -0.294 e. The van der Waals surface area contributed by atoms with Crippen molar-refractivity contribution in [2.24, 2.45) is 0 Å². The molecule has 0 bridgehead atoms. The molecule has 5 heteroatoms. The zero-order valence-corrected chi connectivity index (χ0v) is 13.3. The fraction of sp³-hybridized carbons (Fsp3) is 0.105. The molecule has 0 aliphatic carbocycles. The van der Waals surface area contributed by atoms with E-state index < -0.39 is 0 Å². The molecule has 0 amide bonds. The van der Waals surface area contributed by atoms with Crippen molar-refractivity contribution in [3.05, 3.63) is 88.6 Å². The van der Waals surface area contributed by atoms with E-state index in [1.165, 1.54) is 5.56 Å². The maximum atomic E-state index is 12.7. The summed E-state index contributed by atoms with van der Waals surface area (Å²) >= 11 is 0. The highest BCUT2D eigenvalue weighted by Gasteiger charge is 2.11. The van der Waals surface area contributed by atoms with Crippen LogP contribution in [0.3, 0.4) is 0 Å². The summed E-state index contributed by atoms with van der Waals surface area (Å²) in [6, 6.07) is 17.8. The van der Waals surface area contributed by atoms with E-state index in [9.17, 15) is 4.79 Å². The first-order valence-electron chi connectivity index (χ1n) is 7.76. The third-order valence-electron chi connectivity index (χ3n) is 4.03. The standard InChI is InChI=1S/C19H16N4O/c1-14-7-9-15(10-8-14)12-22-13-20-18-17(19(22)24)11-21-23(18)16-5-3-2-4-6-16/h2-11,13H,12H2,1H3. The van der Waals surface area contributed by atoms with E-state index in [1.54, 1.807) is 21.8 Å². The predicted molar refractivity (Wildman–Crippen MR) is 93.4 cm³/mol. The Bertz CT molecular complexity index is 1050. The molecule has 0 aliphatic heterocycles. The zero-order valence-electron chi connectivity index (χ0n) is 13.3. The molecule has 0 aliphatic rings. The van der Waals surface area contributed by atoms with Gasteiger partial charge in [-0.25, -0.2) is 9.67 Å². The van der Waals surface area contributed by atoms with Gasteiger partial charge >= 0.3 is 0 Å². The molecule has 0 saturated heterocycles. The Balaban J connectivity index is 1.77. The average Bonchev–Trinajstić information content (AvgIpc) is 3.05. The molecule has 0 fully saturated rings. The molecular formula is C19H16N4O. The van der Waals surface area contributed by atoms with Crippen LogP contribution in [-0.4, -0.2) is 19.3 Å². The monoisotopic (exact) mass is 316 g/mol. The lowest BCUT2D eigenvalue weighted by atomic mass is 10.1. The van der Waals surface area contributed by atoms with Crippen molar-refractivity contribution in [1.29, 1.82) is 0 Å². The molecule has 2 heterocycles. The topological polar surface area (TPSA) is 52.7 Å². The van der Waals surface area contributed by atoms with Crippen molar-refractivity contribution in [2.75, 3.05) is 0 Å². The molecule has 0 atom stereocenters. The predicted octanol–water partition coefficient (Wildman–Crippen LogP) is 2.94. The Labute approximate surface area is 138 Å². The summed E-state index contributed by atoms with van der Waals surface area (Å²) in [5.74, 6) is 0. The van der Waals surface area contributed by atoms with Crippen LogP contribution in [-0.2, 0) is 6.54 Å². The Morgan fingerprint density at radius 3 is 2.50 bits per heavy atom. The van der Waals surface area contributed by atoms with Crippen LogP contribution in [0.25, 0.3) is 16.7 Å². The second kappa shape index (κ2) is 5.77. The highest BCUT2D eigenvalue weighted by Crippen LogP contribution is 2.13. The second-order valence-corrected chi connectivity index (χ2v) is 5.79. The molecule has 2 aromatic heterocycles. The molecule has 118 valence electrons. The first-order valence-corrected chi connectivity index (χ1v) is 7.76. The highest BCUT2D eigenvalue weighted by molar-refractivity contribution is 5.74. The van der Waals surface area contributed by atoms with Gasteiger partial charge in [0.1, 0.15) is 11.7 Å². The third-order valence-corrected chi connectivity index (χ3v) is 4.03. The van der Waals surface area contributed by atoms with Gasteiger partial charge in [-0.05, 0) is 24.6 Å². The van der Waals surface area contributed by atoms with Crippen LogP contribution in [0.2, 0.25) is 0 Å². The van der Waals surface area contributed by atoms with Crippen LogP contribution in [0, 0.1) is 6.92 Å². The number of hydrogen-bond acceptors (Lipinski definition) is 3. The zero-order chi connectivity index (χ0) is 16.5. The van der Waals surface area contributed by atoms with Crippen LogP contribution >= 0.6 is 0 Å². The van der Waals surface area contributed by atoms with Gasteiger partial charge in [-0.2, -0.15) is 5.10 Å². The number of aryl methyl sites for hydroxylation is 1. The van der Waals surface area contributed by atoms with Crippen LogP contribution in [0.4, 0.5) is 0 Å². The Kier molecular flexibility index (Phi) is 3.46. The first-order chi connectivity index (χ1) is 11.7. The maximum Gasteiger partial charge on any atom is 0.264 e. The van der Waals surface area contributed by atoms with E-state index >= 15 is 0 Å². The van der Waals surface area contributed by atoms with Crippen molar-refractivity contribution in [3.8, 4) is 5.69 Å². The molecule has 5 nitrogen and oxygen atoms in total. The molecular weight excluding hydrogens is 300 g/mol. The molecule has 0 N–H and O–H groups in total. The van der Waals surface area contributed by atoms with E-state index in [1.807, 2.05) is 61.5 Å². The number of para-hydroxylation sites is 1. The Morgan fingerprint density at radius 2 is 1.75 bits per heavy atom. The second-order valence-electron chi connectivity index (χ2n) is 5.79. The van der Waals surface area contributed by atoms with E-state index in [-0.39, 0.29) is 5.56 Å². The van der Waals surface area contributed by atoms with E-state index in [0.717, 1.165) is 11.3 Å². The minimum absolute atomic E-state index is 0.0808. The summed E-state index contributed by atoms with van der Waals surface area (Å²) in [5, 5.41) is 4.85. The molecule has 0 radical (unpaired) electrons. The van der Waals surface area contributed by atoms with Gasteiger partial charge in [0.05, 0.1) is 18.4 Å². The van der Waals surface area contributed by atoms with Gasteiger partial charge in [0.15, 0.2) is 5.65 Å². The van der Waals surface area contributed by atoms with Crippen LogP contribution in [0.1, 0.15) is 11.1 Å². The molecule has 0 saturated carbocycles. The van der Waals surface area contributed by atoms with Crippen molar-refractivity contribution < 1.29 is 0 Å². The van der Waals surface area contributed by atoms with Gasteiger partial charge in [0.2, 0.25) is 0 Å². The minimum atomic E-state index is -0.0808. The summed E-state index contributed by atoms with van der Waals surface area (Å²) in [6.07, 6.45) is 3.18. The molecule has 4 aromatic rings. The number of aromatic nitrogens is 4. The molecule has 2 aromatic carbocycles. The summed E-state index contributed by atoms with van der Waals surface area (Å²) in [5.41, 5.74) is 3.65. The number of rotatable bonds is 3. The van der Waals surface area contributed by atoms with Gasteiger partial charge in [0, 0.05) is 0 Å². The number of nitrogens with zero attached hydrogens (tertiary/aromatic N) is 4. The SMILES string of the molecule is Cc1ccc(Cn2cnc3c(cnn3-c3ccccc3)c2=O)cc1. The summed E-state index contributed by atoms with van der Waals surface area (Å²) in [6.45, 7) is 2.54. The van der Waals surface area contributed by atoms with E-state index in [4.69, 9.17) is 0 Å². The van der Waals surface area contributed by atoms with Gasteiger partial charge in [-0.3, -0.25) is 9.36 Å². The van der Waals surface area contributed by atoms with Gasteiger partial charge in [0.25, 0.3) is 5.56 Å². The number of benzene rings is 2. The van der Waals surface area contributed by atoms with Crippen molar-refractivity contribution in [3.63, 3.8) is 0 Å². The summed E-state index contributed by atoms with van der Waals surface area (Å²) in [7, 11) is 0. The van der Waals surface area contributed by atoms with Crippen LogP contribution < -0.4 is 5.56 Å². The fourth-order valence-corrected chi connectivity index (χ4v) is 2.71. The first kappa shape index (κ1) is 14.4. The van der Waals surface area contributed by atoms with Crippen molar-refractivity contribution in [2.45, 2.75) is 13.5 Å². The lowest BCUT2D eigenvalue weighted by Gasteiger charge is -2.07. The van der Waals surface area contributed by atoms with E-state index in [2.05, 4.69) is 10.1 Å². The lowest BCUT2D eigenvalue weighted by molar-refractivity contribution is 0.745. The highest BCUT2D eigenvalue weighted by atomic mass is 16.1. The summed E-state index contributed by atoms with van der Waals surface area (Å²) < 4.78 is 3.30.